The molecule has 1 amide bonds. The summed E-state index contributed by atoms with van der Waals surface area (Å²) in [6.07, 6.45) is 6.46. The van der Waals surface area contributed by atoms with Crippen molar-refractivity contribution in [2.75, 3.05) is 5.32 Å². The average molecular weight is 514 g/mol. The van der Waals surface area contributed by atoms with Gasteiger partial charge in [-0.25, -0.2) is 14.4 Å². The van der Waals surface area contributed by atoms with Gasteiger partial charge in [-0.2, -0.15) is 9.49 Å². The number of nitrogens with one attached hydrogen (secondary N) is 3. The Hall–Kier alpha value is -4.51. The Bertz CT molecular complexity index is 1840. The van der Waals surface area contributed by atoms with Crippen LogP contribution in [-0.2, 0) is 4.79 Å². The van der Waals surface area contributed by atoms with Crippen LogP contribution < -0.4 is 5.32 Å². The SMILES string of the molecule is O=C(Nc1cncc(-c2ccc3[nH]nc(-c4nc5nccc(-c6ccc(F)s6)c5[nH]4)c3c2F)c1)C1CC1. The smallest absolute Gasteiger partial charge is 0.227 e. The lowest BCUT2D eigenvalue weighted by Crippen LogP contribution is -2.13. The number of halogens is 2. The first-order valence-electron chi connectivity index (χ1n) is 11.6. The third kappa shape index (κ3) is 3.75. The second-order valence-electron chi connectivity index (χ2n) is 8.89. The van der Waals surface area contributed by atoms with Crippen LogP contribution in [0, 0.1) is 16.9 Å². The molecule has 1 saturated carbocycles. The van der Waals surface area contributed by atoms with Gasteiger partial charge in [-0.15, -0.1) is 11.3 Å². The van der Waals surface area contributed by atoms with Crippen LogP contribution in [0.15, 0.2) is 55.0 Å². The van der Waals surface area contributed by atoms with E-state index in [1.54, 1.807) is 48.9 Å². The molecule has 7 rings (SSSR count). The molecule has 0 unspecified atom stereocenters. The fourth-order valence-electron chi connectivity index (χ4n) is 4.40. The maximum atomic E-state index is 16.0. The predicted octanol–water partition coefficient (Wildman–Crippen LogP) is 5.92. The van der Waals surface area contributed by atoms with Crippen LogP contribution in [-0.4, -0.2) is 36.0 Å². The molecule has 0 bridgehead atoms. The van der Waals surface area contributed by atoms with Gasteiger partial charge in [0.2, 0.25) is 5.91 Å². The summed E-state index contributed by atoms with van der Waals surface area (Å²) >= 11 is 1.02. The van der Waals surface area contributed by atoms with Crippen molar-refractivity contribution in [1.82, 2.24) is 30.1 Å². The Morgan fingerprint density at radius 1 is 1.08 bits per heavy atom. The van der Waals surface area contributed by atoms with E-state index in [1.165, 1.54) is 6.07 Å². The number of aromatic amines is 2. The van der Waals surface area contributed by atoms with Crippen LogP contribution in [0.5, 0.6) is 0 Å². The van der Waals surface area contributed by atoms with E-state index in [0.717, 1.165) is 34.6 Å². The summed E-state index contributed by atoms with van der Waals surface area (Å²) in [5.74, 6) is -0.168. The van der Waals surface area contributed by atoms with E-state index in [-0.39, 0.29) is 22.3 Å². The summed E-state index contributed by atoms with van der Waals surface area (Å²) in [7, 11) is 0. The largest absolute Gasteiger partial charge is 0.335 e. The zero-order valence-electron chi connectivity index (χ0n) is 19.0. The molecule has 0 saturated heterocycles. The highest BCUT2D eigenvalue weighted by molar-refractivity contribution is 7.14. The highest BCUT2D eigenvalue weighted by Gasteiger charge is 2.29. The van der Waals surface area contributed by atoms with Gasteiger partial charge in [-0.05, 0) is 49.2 Å². The summed E-state index contributed by atoms with van der Waals surface area (Å²) in [6.45, 7) is 0. The molecule has 182 valence electrons. The van der Waals surface area contributed by atoms with E-state index < -0.39 is 5.82 Å². The Kier molecular flexibility index (Phi) is 4.86. The minimum atomic E-state index is -0.498. The zero-order chi connectivity index (χ0) is 25.1. The van der Waals surface area contributed by atoms with E-state index >= 15 is 4.39 Å². The lowest BCUT2D eigenvalue weighted by molar-refractivity contribution is -0.117. The Morgan fingerprint density at radius 3 is 2.78 bits per heavy atom. The number of anilines is 1. The summed E-state index contributed by atoms with van der Waals surface area (Å²) in [6, 6.07) is 9.96. The van der Waals surface area contributed by atoms with Gasteiger partial charge in [0.15, 0.2) is 16.6 Å². The summed E-state index contributed by atoms with van der Waals surface area (Å²) < 4.78 is 29.7. The number of benzene rings is 1. The second kappa shape index (κ2) is 8.27. The van der Waals surface area contributed by atoms with Gasteiger partial charge < -0.3 is 10.3 Å². The van der Waals surface area contributed by atoms with Crippen LogP contribution in [0.2, 0.25) is 0 Å². The molecule has 6 aromatic rings. The number of H-pyrrole nitrogens is 2. The minimum absolute atomic E-state index is 0.0443. The number of imidazole rings is 1. The quantitative estimate of drug-likeness (QED) is 0.265. The third-order valence-electron chi connectivity index (χ3n) is 6.39. The molecule has 5 heterocycles. The minimum Gasteiger partial charge on any atom is -0.335 e. The van der Waals surface area contributed by atoms with Crippen molar-refractivity contribution in [2.24, 2.45) is 5.92 Å². The fourth-order valence-corrected chi connectivity index (χ4v) is 5.16. The Labute approximate surface area is 211 Å². The van der Waals surface area contributed by atoms with Gasteiger partial charge in [-0.1, -0.05) is 0 Å². The topological polar surface area (TPSA) is 112 Å². The number of nitrogens with zero attached hydrogens (tertiary/aromatic N) is 4. The van der Waals surface area contributed by atoms with Crippen LogP contribution in [0.1, 0.15) is 12.8 Å². The lowest BCUT2D eigenvalue weighted by atomic mass is 10.0. The molecule has 3 N–H and O–H groups in total. The van der Waals surface area contributed by atoms with Gasteiger partial charge in [-0.3, -0.25) is 14.9 Å². The first-order valence-corrected chi connectivity index (χ1v) is 12.4. The normalized spacial score (nSPS) is 13.5. The Balaban J connectivity index is 1.32. The van der Waals surface area contributed by atoms with E-state index in [1.807, 2.05) is 0 Å². The summed E-state index contributed by atoms with van der Waals surface area (Å²) in [4.78, 5) is 29.1. The van der Waals surface area contributed by atoms with Gasteiger partial charge in [0.25, 0.3) is 0 Å². The van der Waals surface area contributed by atoms with Gasteiger partial charge >= 0.3 is 0 Å². The number of rotatable bonds is 5. The molecule has 1 aromatic carbocycles. The zero-order valence-corrected chi connectivity index (χ0v) is 19.9. The molecule has 0 atom stereocenters. The first kappa shape index (κ1) is 21.7. The highest BCUT2D eigenvalue weighted by atomic mass is 32.1. The molecule has 11 heteroatoms. The monoisotopic (exact) mass is 513 g/mol. The summed E-state index contributed by atoms with van der Waals surface area (Å²) in [5.41, 5.74) is 3.91. The van der Waals surface area contributed by atoms with Crippen LogP contribution in [0.25, 0.3) is 55.2 Å². The fraction of sp³-hybridized carbons (Fsp3) is 0.115. The van der Waals surface area contributed by atoms with E-state index in [0.29, 0.717) is 45.0 Å². The molecule has 5 aromatic heterocycles. The molecule has 0 aliphatic heterocycles. The number of aromatic nitrogens is 6. The van der Waals surface area contributed by atoms with E-state index in [2.05, 4.69) is 35.5 Å². The number of carbonyl (C=O) groups is 1. The van der Waals surface area contributed by atoms with E-state index in [9.17, 15) is 9.18 Å². The molecule has 1 aliphatic carbocycles. The van der Waals surface area contributed by atoms with Gasteiger partial charge in [0, 0.05) is 39.9 Å². The highest BCUT2D eigenvalue weighted by Crippen LogP contribution is 2.37. The van der Waals surface area contributed by atoms with Gasteiger partial charge in [0.1, 0.15) is 11.5 Å². The van der Waals surface area contributed by atoms with Crippen molar-refractivity contribution in [3.8, 4) is 33.1 Å². The van der Waals surface area contributed by atoms with Crippen molar-refractivity contribution in [3.63, 3.8) is 0 Å². The molecule has 8 nitrogen and oxygen atoms in total. The molecular weight excluding hydrogens is 496 g/mol. The molecule has 37 heavy (non-hydrogen) atoms. The van der Waals surface area contributed by atoms with Crippen molar-refractivity contribution in [3.05, 3.63) is 65.9 Å². The molecule has 1 fully saturated rings. The third-order valence-corrected chi connectivity index (χ3v) is 7.29. The molecule has 0 radical (unpaired) electrons. The van der Waals surface area contributed by atoms with Crippen LogP contribution in [0.4, 0.5) is 14.5 Å². The number of carbonyl (C=O) groups excluding carboxylic acids is 1. The molecule has 0 spiro atoms. The maximum Gasteiger partial charge on any atom is 0.227 e. The number of hydrogen-bond acceptors (Lipinski definition) is 6. The maximum absolute atomic E-state index is 16.0. The number of hydrogen-bond donors (Lipinski definition) is 3. The first-order chi connectivity index (χ1) is 18.0. The number of amides is 1. The Morgan fingerprint density at radius 2 is 1.97 bits per heavy atom. The van der Waals surface area contributed by atoms with Crippen molar-refractivity contribution in [1.29, 1.82) is 0 Å². The number of pyridine rings is 2. The lowest BCUT2D eigenvalue weighted by Gasteiger charge is -2.08. The average Bonchev–Trinajstić information content (AvgIpc) is 3.29. The molecular formula is C26H17F2N7OS. The van der Waals surface area contributed by atoms with Crippen LogP contribution in [0.3, 0.4) is 0 Å². The standard InChI is InChI=1S/C26H17F2N7OS/c27-19-6-5-18(37-19)16-7-8-30-24-22(16)32-25(33-24)23-20-17(34-35-23)4-3-15(21(20)28)13-9-14(11-29-10-13)31-26(36)12-1-2-12/h3-12H,1-2H2,(H,31,36)(H,34,35)(H,30,32,33). The second-order valence-corrected chi connectivity index (χ2v) is 9.93. The van der Waals surface area contributed by atoms with Gasteiger partial charge in [0.05, 0.1) is 28.3 Å². The van der Waals surface area contributed by atoms with Crippen molar-refractivity contribution >= 4 is 45.0 Å². The van der Waals surface area contributed by atoms with E-state index in [4.69, 9.17) is 0 Å². The van der Waals surface area contributed by atoms with Crippen molar-refractivity contribution in [2.45, 2.75) is 12.8 Å². The van der Waals surface area contributed by atoms with Crippen molar-refractivity contribution < 1.29 is 13.6 Å². The van der Waals surface area contributed by atoms with Crippen LogP contribution >= 0.6 is 11.3 Å². The predicted molar refractivity (Wildman–Crippen MR) is 137 cm³/mol. The summed E-state index contributed by atoms with van der Waals surface area (Å²) in [5, 5.41) is 10.0. The molecule has 1 aliphatic rings. The number of thiophene rings is 1. The number of fused-ring (bicyclic) bond motifs is 2.